The van der Waals surface area contributed by atoms with E-state index in [-0.39, 0.29) is 12.1 Å². The highest BCUT2D eigenvalue weighted by molar-refractivity contribution is 5.94. The molecule has 2 aromatic carbocycles. The Morgan fingerprint density at radius 1 is 1.00 bits per heavy atom. The Labute approximate surface area is 142 Å². The topological polar surface area (TPSA) is 56.8 Å². The van der Waals surface area contributed by atoms with Crippen molar-refractivity contribution >= 4 is 5.91 Å². The van der Waals surface area contributed by atoms with Gasteiger partial charge in [0.2, 0.25) is 0 Å². The van der Waals surface area contributed by atoms with Gasteiger partial charge in [-0.15, -0.1) is 13.2 Å². The highest BCUT2D eigenvalue weighted by atomic mass is 19.4. The molecule has 1 N–H and O–H groups in total. The Morgan fingerprint density at radius 2 is 1.64 bits per heavy atom. The van der Waals surface area contributed by atoms with Crippen molar-refractivity contribution < 1.29 is 32.2 Å². The molecule has 0 saturated heterocycles. The Bertz CT molecular complexity index is 730. The van der Waals surface area contributed by atoms with Crippen LogP contribution in [0.25, 0.3) is 0 Å². The fourth-order valence-electron chi connectivity index (χ4n) is 2.11. The Morgan fingerprint density at radius 3 is 2.20 bits per heavy atom. The van der Waals surface area contributed by atoms with Crippen LogP contribution in [0, 0.1) is 0 Å². The van der Waals surface area contributed by atoms with Gasteiger partial charge in [0.05, 0.1) is 14.2 Å². The lowest BCUT2D eigenvalue weighted by molar-refractivity contribution is -0.274. The van der Waals surface area contributed by atoms with E-state index in [9.17, 15) is 18.0 Å². The first-order valence-electron chi connectivity index (χ1n) is 7.17. The monoisotopic (exact) mass is 355 g/mol. The van der Waals surface area contributed by atoms with E-state index in [1.54, 1.807) is 18.2 Å². The number of hydrogen-bond acceptors (Lipinski definition) is 4. The van der Waals surface area contributed by atoms with Crippen LogP contribution in [-0.4, -0.2) is 26.5 Å². The zero-order chi connectivity index (χ0) is 18.4. The van der Waals surface area contributed by atoms with Crippen molar-refractivity contribution in [1.29, 1.82) is 0 Å². The van der Waals surface area contributed by atoms with Crippen LogP contribution in [0.1, 0.15) is 15.9 Å². The van der Waals surface area contributed by atoms with Crippen LogP contribution in [-0.2, 0) is 6.54 Å². The average molecular weight is 355 g/mol. The van der Waals surface area contributed by atoms with Gasteiger partial charge in [0.1, 0.15) is 17.2 Å². The minimum absolute atomic E-state index is 0.167. The predicted octanol–water partition coefficient (Wildman–Crippen LogP) is 3.53. The van der Waals surface area contributed by atoms with Crippen LogP contribution in [0.5, 0.6) is 17.2 Å². The standard InChI is InChI=1S/C17H16F3NO4/c1-23-14-7-8-15(24-2)12(9-14)10-21-16(22)11-3-5-13(6-4-11)25-17(18,19)20/h3-9H,10H2,1-2H3,(H,21,22). The number of carbonyl (C=O) groups excluding carboxylic acids is 1. The maximum Gasteiger partial charge on any atom is 0.573 e. The van der Waals surface area contributed by atoms with Gasteiger partial charge in [-0.1, -0.05) is 0 Å². The lowest BCUT2D eigenvalue weighted by Gasteiger charge is -2.12. The molecule has 0 atom stereocenters. The van der Waals surface area contributed by atoms with Crippen molar-refractivity contribution in [2.75, 3.05) is 14.2 Å². The van der Waals surface area contributed by atoms with Crippen molar-refractivity contribution in [3.05, 3.63) is 53.6 Å². The van der Waals surface area contributed by atoms with Crippen molar-refractivity contribution in [2.24, 2.45) is 0 Å². The molecule has 0 unspecified atom stereocenters. The predicted molar refractivity (Wildman–Crippen MR) is 83.8 cm³/mol. The quantitative estimate of drug-likeness (QED) is 0.861. The number of halogens is 3. The van der Waals surface area contributed by atoms with E-state index < -0.39 is 18.0 Å². The fourth-order valence-corrected chi connectivity index (χ4v) is 2.11. The molecule has 134 valence electrons. The fraction of sp³-hybridized carbons (Fsp3) is 0.235. The molecule has 0 aromatic heterocycles. The molecule has 2 aromatic rings. The summed E-state index contributed by atoms with van der Waals surface area (Å²) in [6.07, 6.45) is -4.77. The summed E-state index contributed by atoms with van der Waals surface area (Å²) in [5.74, 6) is 0.357. The molecule has 8 heteroatoms. The van der Waals surface area contributed by atoms with Crippen molar-refractivity contribution in [3.8, 4) is 17.2 Å². The number of ether oxygens (including phenoxy) is 3. The summed E-state index contributed by atoms with van der Waals surface area (Å²) < 4.78 is 50.5. The van der Waals surface area contributed by atoms with Crippen LogP contribution in [0.4, 0.5) is 13.2 Å². The van der Waals surface area contributed by atoms with Gasteiger partial charge in [0.25, 0.3) is 5.91 Å². The molecule has 0 aliphatic heterocycles. The van der Waals surface area contributed by atoms with Crippen LogP contribution >= 0.6 is 0 Å². The number of carbonyl (C=O) groups is 1. The van der Waals surface area contributed by atoms with Crippen LogP contribution < -0.4 is 19.5 Å². The number of amides is 1. The summed E-state index contributed by atoms with van der Waals surface area (Å²) in [5.41, 5.74) is 0.906. The minimum Gasteiger partial charge on any atom is -0.497 e. The van der Waals surface area contributed by atoms with E-state index in [0.29, 0.717) is 17.1 Å². The van der Waals surface area contributed by atoms with Gasteiger partial charge in [-0.2, -0.15) is 0 Å². The second-order valence-corrected chi connectivity index (χ2v) is 4.93. The van der Waals surface area contributed by atoms with Gasteiger partial charge in [-0.3, -0.25) is 4.79 Å². The summed E-state index contributed by atoms with van der Waals surface area (Å²) in [7, 11) is 3.03. The van der Waals surface area contributed by atoms with E-state index in [2.05, 4.69) is 10.1 Å². The van der Waals surface area contributed by atoms with E-state index in [4.69, 9.17) is 9.47 Å². The minimum atomic E-state index is -4.77. The second-order valence-electron chi connectivity index (χ2n) is 4.93. The lowest BCUT2D eigenvalue weighted by atomic mass is 10.1. The lowest BCUT2D eigenvalue weighted by Crippen LogP contribution is -2.23. The summed E-state index contributed by atoms with van der Waals surface area (Å²) in [6, 6.07) is 9.81. The van der Waals surface area contributed by atoms with Crippen LogP contribution in [0.3, 0.4) is 0 Å². The Kier molecular flexibility index (Phi) is 5.74. The van der Waals surface area contributed by atoms with Gasteiger partial charge < -0.3 is 19.5 Å². The van der Waals surface area contributed by atoms with E-state index in [0.717, 1.165) is 12.1 Å². The normalized spacial score (nSPS) is 10.9. The molecule has 0 saturated carbocycles. The molecule has 0 heterocycles. The molecule has 2 rings (SSSR count). The molecule has 0 spiro atoms. The molecule has 0 aliphatic rings. The zero-order valence-electron chi connectivity index (χ0n) is 13.5. The highest BCUT2D eigenvalue weighted by Crippen LogP contribution is 2.24. The number of rotatable bonds is 6. The molecule has 5 nitrogen and oxygen atoms in total. The highest BCUT2D eigenvalue weighted by Gasteiger charge is 2.31. The Hall–Kier alpha value is -2.90. The van der Waals surface area contributed by atoms with E-state index in [1.807, 2.05) is 0 Å². The zero-order valence-corrected chi connectivity index (χ0v) is 13.5. The molecule has 0 bridgehead atoms. The van der Waals surface area contributed by atoms with E-state index >= 15 is 0 Å². The molecular formula is C17H16F3NO4. The summed E-state index contributed by atoms with van der Waals surface area (Å²) >= 11 is 0. The molecule has 0 radical (unpaired) electrons. The largest absolute Gasteiger partial charge is 0.573 e. The average Bonchev–Trinajstić information content (AvgIpc) is 2.58. The smallest absolute Gasteiger partial charge is 0.497 e. The number of alkyl halides is 3. The molecule has 25 heavy (non-hydrogen) atoms. The third-order valence-electron chi connectivity index (χ3n) is 3.28. The maximum absolute atomic E-state index is 12.1. The van der Waals surface area contributed by atoms with Crippen LogP contribution in [0.15, 0.2) is 42.5 Å². The van der Waals surface area contributed by atoms with Gasteiger partial charge >= 0.3 is 6.36 Å². The summed E-state index contributed by atoms with van der Waals surface area (Å²) in [4.78, 5) is 12.1. The molecule has 0 fully saturated rings. The van der Waals surface area contributed by atoms with Crippen molar-refractivity contribution in [2.45, 2.75) is 12.9 Å². The van der Waals surface area contributed by atoms with Crippen molar-refractivity contribution in [1.82, 2.24) is 5.32 Å². The SMILES string of the molecule is COc1ccc(OC)c(CNC(=O)c2ccc(OC(F)(F)F)cc2)c1. The molecular weight excluding hydrogens is 339 g/mol. The number of benzene rings is 2. The Balaban J connectivity index is 2.03. The summed E-state index contributed by atoms with van der Waals surface area (Å²) in [5, 5.41) is 2.67. The third-order valence-corrected chi connectivity index (χ3v) is 3.28. The van der Waals surface area contributed by atoms with Gasteiger partial charge in [0, 0.05) is 17.7 Å². The second kappa shape index (κ2) is 7.78. The van der Waals surface area contributed by atoms with Crippen molar-refractivity contribution in [3.63, 3.8) is 0 Å². The first-order chi connectivity index (χ1) is 11.8. The number of nitrogens with one attached hydrogen (secondary N) is 1. The number of methoxy groups -OCH3 is 2. The first-order valence-corrected chi connectivity index (χ1v) is 7.17. The van der Waals surface area contributed by atoms with Crippen LogP contribution in [0.2, 0.25) is 0 Å². The maximum atomic E-state index is 12.1. The van der Waals surface area contributed by atoms with Gasteiger partial charge in [-0.05, 0) is 42.5 Å². The molecule has 1 amide bonds. The summed E-state index contributed by atoms with van der Waals surface area (Å²) in [6.45, 7) is 0.167. The van der Waals surface area contributed by atoms with Gasteiger partial charge in [0.15, 0.2) is 0 Å². The number of hydrogen-bond donors (Lipinski definition) is 1. The van der Waals surface area contributed by atoms with Gasteiger partial charge in [-0.25, -0.2) is 0 Å². The van der Waals surface area contributed by atoms with E-state index in [1.165, 1.54) is 26.4 Å². The first kappa shape index (κ1) is 18.4. The molecule has 0 aliphatic carbocycles. The third kappa shape index (κ3) is 5.30.